The Kier molecular flexibility index (Phi) is 7.39. The highest BCUT2D eigenvalue weighted by atomic mass is 16.5. The van der Waals surface area contributed by atoms with Crippen molar-refractivity contribution < 1.29 is 4.74 Å². The molecule has 0 amide bonds. The Balaban J connectivity index is 1.12. The van der Waals surface area contributed by atoms with Crippen LogP contribution < -0.4 is 9.80 Å². The minimum atomic E-state index is 0.283. The van der Waals surface area contributed by atoms with Crippen molar-refractivity contribution in [2.75, 3.05) is 62.2 Å². The van der Waals surface area contributed by atoms with Gasteiger partial charge in [-0.2, -0.15) is 0 Å². The molecule has 1 aromatic heterocycles. The van der Waals surface area contributed by atoms with Crippen LogP contribution in [0.5, 0.6) is 0 Å². The third kappa shape index (κ3) is 6.19. The molecule has 2 aliphatic rings. The van der Waals surface area contributed by atoms with Crippen LogP contribution in [-0.2, 0) is 4.74 Å². The third-order valence-electron chi connectivity index (χ3n) is 6.01. The molecule has 0 unspecified atom stereocenters. The molecular formula is C25H33N5O. The third-order valence-corrected chi connectivity index (χ3v) is 6.01. The number of rotatable bonds is 5. The monoisotopic (exact) mass is 419 g/mol. The Labute approximate surface area is 186 Å². The van der Waals surface area contributed by atoms with Crippen molar-refractivity contribution in [3.63, 3.8) is 0 Å². The first-order valence-corrected chi connectivity index (χ1v) is 11.3. The lowest BCUT2D eigenvalue weighted by Crippen LogP contribution is -2.46. The second-order valence-corrected chi connectivity index (χ2v) is 8.40. The SMILES string of the molecule is Cc1cc(C)nc(N2CCC(OCC#CCN3CCN(c4ccccc4)CC3)CC2)n1. The average molecular weight is 420 g/mol. The lowest BCUT2D eigenvalue weighted by atomic mass is 10.1. The molecule has 6 heteroatoms. The maximum atomic E-state index is 6.01. The van der Waals surface area contributed by atoms with Crippen LogP contribution in [0.4, 0.5) is 11.6 Å². The highest BCUT2D eigenvalue weighted by molar-refractivity contribution is 5.46. The maximum absolute atomic E-state index is 6.01. The second-order valence-electron chi connectivity index (χ2n) is 8.40. The van der Waals surface area contributed by atoms with Gasteiger partial charge in [0.15, 0.2) is 0 Å². The van der Waals surface area contributed by atoms with E-state index in [-0.39, 0.29) is 6.10 Å². The summed E-state index contributed by atoms with van der Waals surface area (Å²) < 4.78 is 6.01. The summed E-state index contributed by atoms with van der Waals surface area (Å²) in [6.45, 7) is 11.5. The quantitative estimate of drug-likeness (QED) is 0.695. The van der Waals surface area contributed by atoms with Gasteiger partial charge in [-0.25, -0.2) is 9.97 Å². The topological polar surface area (TPSA) is 44.7 Å². The highest BCUT2D eigenvalue weighted by Crippen LogP contribution is 2.19. The van der Waals surface area contributed by atoms with Gasteiger partial charge in [0.25, 0.3) is 0 Å². The number of ether oxygens (including phenoxy) is 1. The molecule has 0 saturated carbocycles. The fraction of sp³-hybridized carbons (Fsp3) is 0.520. The van der Waals surface area contributed by atoms with Gasteiger partial charge in [0.2, 0.25) is 5.95 Å². The fourth-order valence-corrected chi connectivity index (χ4v) is 4.25. The number of hydrogen-bond acceptors (Lipinski definition) is 6. The Hall–Kier alpha value is -2.62. The summed E-state index contributed by atoms with van der Waals surface area (Å²) >= 11 is 0. The van der Waals surface area contributed by atoms with Crippen molar-refractivity contribution in [3.8, 4) is 11.8 Å². The zero-order valence-corrected chi connectivity index (χ0v) is 18.8. The minimum Gasteiger partial charge on any atom is -0.369 e. The van der Waals surface area contributed by atoms with E-state index < -0.39 is 0 Å². The van der Waals surface area contributed by atoms with Gasteiger partial charge in [0.1, 0.15) is 6.61 Å². The molecular weight excluding hydrogens is 386 g/mol. The van der Waals surface area contributed by atoms with Gasteiger partial charge >= 0.3 is 0 Å². The van der Waals surface area contributed by atoms with Gasteiger partial charge in [-0.05, 0) is 44.9 Å². The lowest BCUT2D eigenvalue weighted by Gasteiger charge is -2.35. The summed E-state index contributed by atoms with van der Waals surface area (Å²) in [4.78, 5) is 16.3. The van der Waals surface area contributed by atoms with Crippen LogP contribution in [0.25, 0.3) is 0 Å². The molecule has 0 N–H and O–H groups in total. The highest BCUT2D eigenvalue weighted by Gasteiger charge is 2.21. The number of hydrogen-bond donors (Lipinski definition) is 0. The van der Waals surface area contributed by atoms with Crippen LogP contribution in [0, 0.1) is 25.7 Å². The molecule has 2 fully saturated rings. The fourth-order valence-electron chi connectivity index (χ4n) is 4.25. The summed E-state index contributed by atoms with van der Waals surface area (Å²) in [5.74, 6) is 7.36. The van der Waals surface area contributed by atoms with Crippen LogP contribution in [0.1, 0.15) is 24.2 Å². The number of aryl methyl sites for hydroxylation is 2. The van der Waals surface area contributed by atoms with Gasteiger partial charge < -0.3 is 14.5 Å². The van der Waals surface area contributed by atoms with E-state index in [2.05, 4.69) is 66.8 Å². The van der Waals surface area contributed by atoms with Crippen LogP contribution in [0.3, 0.4) is 0 Å². The molecule has 164 valence electrons. The largest absolute Gasteiger partial charge is 0.369 e. The van der Waals surface area contributed by atoms with Crippen LogP contribution >= 0.6 is 0 Å². The predicted octanol–water partition coefficient (Wildman–Crippen LogP) is 2.90. The van der Waals surface area contributed by atoms with E-state index in [9.17, 15) is 0 Å². The van der Waals surface area contributed by atoms with Crippen molar-refractivity contribution in [3.05, 3.63) is 47.8 Å². The number of benzene rings is 1. The first-order valence-electron chi connectivity index (χ1n) is 11.3. The van der Waals surface area contributed by atoms with E-state index in [0.717, 1.165) is 76.0 Å². The van der Waals surface area contributed by atoms with E-state index in [1.165, 1.54) is 5.69 Å². The molecule has 31 heavy (non-hydrogen) atoms. The molecule has 2 aromatic rings. The first kappa shape index (κ1) is 21.6. The zero-order valence-electron chi connectivity index (χ0n) is 18.8. The normalized spacial score (nSPS) is 18.0. The first-order chi connectivity index (χ1) is 15.2. The molecule has 0 atom stereocenters. The molecule has 3 heterocycles. The smallest absolute Gasteiger partial charge is 0.225 e. The maximum Gasteiger partial charge on any atom is 0.225 e. The molecule has 1 aromatic carbocycles. The predicted molar refractivity (Wildman–Crippen MR) is 126 cm³/mol. The number of anilines is 2. The average Bonchev–Trinajstić information content (AvgIpc) is 2.80. The summed E-state index contributed by atoms with van der Waals surface area (Å²) in [5.41, 5.74) is 3.37. The molecule has 0 bridgehead atoms. The number of piperidine rings is 1. The van der Waals surface area contributed by atoms with Crippen LogP contribution in [0.2, 0.25) is 0 Å². The lowest BCUT2D eigenvalue weighted by molar-refractivity contribution is 0.0592. The molecule has 6 nitrogen and oxygen atoms in total. The number of nitrogens with zero attached hydrogens (tertiary/aromatic N) is 5. The summed E-state index contributed by atoms with van der Waals surface area (Å²) in [7, 11) is 0. The van der Waals surface area contributed by atoms with E-state index in [1.54, 1.807) is 0 Å². The van der Waals surface area contributed by atoms with E-state index in [0.29, 0.717) is 6.61 Å². The number of piperazine rings is 1. The second kappa shape index (κ2) is 10.6. The minimum absolute atomic E-state index is 0.283. The van der Waals surface area contributed by atoms with Gasteiger partial charge in [-0.15, -0.1) is 0 Å². The molecule has 0 radical (unpaired) electrons. The van der Waals surface area contributed by atoms with Gasteiger partial charge in [-0.3, -0.25) is 4.90 Å². The Morgan fingerprint density at radius 1 is 0.871 bits per heavy atom. The van der Waals surface area contributed by atoms with Gasteiger partial charge in [0.05, 0.1) is 12.6 Å². The van der Waals surface area contributed by atoms with Crippen LogP contribution in [-0.4, -0.2) is 73.4 Å². The van der Waals surface area contributed by atoms with E-state index >= 15 is 0 Å². The van der Waals surface area contributed by atoms with Gasteiger partial charge in [0, 0.05) is 56.3 Å². The van der Waals surface area contributed by atoms with E-state index in [1.807, 2.05) is 19.9 Å². The zero-order chi connectivity index (χ0) is 21.5. The van der Waals surface area contributed by atoms with Crippen molar-refractivity contribution in [2.45, 2.75) is 32.8 Å². The summed E-state index contributed by atoms with van der Waals surface area (Å²) in [5, 5.41) is 0. The molecule has 2 aliphatic heterocycles. The van der Waals surface area contributed by atoms with Crippen molar-refractivity contribution in [1.29, 1.82) is 0 Å². The number of aromatic nitrogens is 2. The van der Waals surface area contributed by atoms with Crippen LogP contribution in [0.15, 0.2) is 36.4 Å². The van der Waals surface area contributed by atoms with E-state index in [4.69, 9.17) is 4.74 Å². The van der Waals surface area contributed by atoms with Crippen molar-refractivity contribution >= 4 is 11.6 Å². The number of para-hydroxylation sites is 1. The molecule has 0 aliphatic carbocycles. The Bertz CT molecular complexity index is 871. The summed E-state index contributed by atoms with van der Waals surface area (Å²) in [6, 6.07) is 12.7. The molecule has 4 rings (SSSR count). The molecule has 2 saturated heterocycles. The van der Waals surface area contributed by atoms with Gasteiger partial charge in [-0.1, -0.05) is 30.0 Å². The van der Waals surface area contributed by atoms with Crippen molar-refractivity contribution in [1.82, 2.24) is 14.9 Å². The standard InChI is InChI=1S/C25H33N5O/c1-21-20-22(2)27-25(26-21)30-13-10-24(11-14-30)31-19-7-6-12-28-15-17-29(18-16-28)23-8-4-3-5-9-23/h3-5,8-9,20,24H,10-19H2,1-2H3. The Morgan fingerprint density at radius 3 is 2.23 bits per heavy atom. The molecule has 0 spiro atoms. The summed E-state index contributed by atoms with van der Waals surface area (Å²) in [6.07, 6.45) is 2.28. The Morgan fingerprint density at radius 2 is 1.55 bits per heavy atom. The van der Waals surface area contributed by atoms with Crippen molar-refractivity contribution in [2.24, 2.45) is 0 Å².